The number of carboxylic acids is 1. The lowest BCUT2D eigenvalue weighted by Gasteiger charge is -2.00. The number of carbonyl (C=O) groups is 1. The van der Waals surface area contributed by atoms with E-state index in [-0.39, 0.29) is 0 Å². The minimum absolute atomic E-state index is 0.361. The van der Waals surface area contributed by atoms with Crippen molar-refractivity contribution in [2.24, 2.45) is 0 Å². The second kappa shape index (κ2) is 9.19. The van der Waals surface area contributed by atoms with Gasteiger partial charge in [-0.25, -0.2) is 4.79 Å². The molecule has 0 spiro atoms. The van der Waals surface area contributed by atoms with E-state index in [0.717, 1.165) is 21.1 Å². The molecule has 2 fully saturated rings. The molecule has 1 heterocycles. The summed E-state index contributed by atoms with van der Waals surface area (Å²) in [5.74, 6) is -0.858. The van der Waals surface area contributed by atoms with Gasteiger partial charge in [-0.15, -0.1) is 33.7 Å². The van der Waals surface area contributed by atoms with Crippen LogP contribution < -0.4 is 5.73 Å². The summed E-state index contributed by atoms with van der Waals surface area (Å²) in [7, 11) is 0. The van der Waals surface area contributed by atoms with E-state index in [0.29, 0.717) is 10.7 Å². The third-order valence-corrected chi connectivity index (χ3v) is 7.80. The molecule has 1 aromatic heterocycles. The third-order valence-electron chi connectivity index (χ3n) is 4.30. The van der Waals surface area contributed by atoms with Crippen molar-refractivity contribution < 1.29 is 9.90 Å². The van der Waals surface area contributed by atoms with Gasteiger partial charge in [0.05, 0.1) is 5.56 Å². The Balaban J connectivity index is 0.000000145. The van der Waals surface area contributed by atoms with E-state index in [1.54, 1.807) is 12.1 Å². The highest BCUT2D eigenvalue weighted by Gasteiger charge is 2.23. The maximum absolute atomic E-state index is 10.5. The second-order valence-electron chi connectivity index (χ2n) is 6.93. The summed E-state index contributed by atoms with van der Waals surface area (Å²) in [5.41, 5.74) is 7.01. The van der Waals surface area contributed by atoms with E-state index in [9.17, 15) is 4.79 Å². The SMILES string of the molecule is Nc1nnc(-c2ccc(SC3CC3)cc2)s1.O=C(O)c1ccc(SC2CC2)cc1. The van der Waals surface area contributed by atoms with Crippen molar-refractivity contribution in [3.63, 3.8) is 0 Å². The molecule has 3 aromatic rings. The Morgan fingerprint density at radius 1 is 0.897 bits per heavy atom. The molecule has 0 bridgehead atoms. The van der Waals surface area contributed by atoms with Crippen LogP contribution >= 0.6 is 34.9 Å². The molecule has 3 N–H and O–H groups in total. The van der Waals surface area contributed by atoms with Gasteiger partial charge in [-0.1, -0.05) is 23.5 Å². The number of carboxylic acid groups (broad SMARTS) is 1. The molecule has 0 radical (unpaired) electrons. The lowest BCUT2D eigenvalue weighted by molar-refractivity contribution is 0.0697. The van der Waals surface area contributed by atoms with Gasteiger partial charge < -0.3 is 10.8 Å². The number of hydrogen-bond donors (Lipinski definition) is 2. The summed E-state index contributed by atoms with van der Waals surface area (Å²) in [6.45, 7) is 0. The van der Waals surface area contributed by atoms with Crippen molar-refractivity contribution in [2.45, 2.75) is 46.0 Å². The number of nitrogens with zero attached hydrogens (tertiary/aromatic N) is 2. The summed E-state index contributed by atoms with van der Waals surface area (Å²) >= 11 is 5.22. The molecule has 0 saturated heterocycles. The quantitative estimate of drug-likeness (QED) is 0.506. The molecule has 2 aliphatic rings. The molecule has 5 rings (SSSR count). The van der Waals surface area contributed by atoms with Crippen molar-refractivity contribution in [2.75, 3.05) is 5.73 Å². The zero-order valence-electron chi connectivity index (χ0n) is 15.7. The first-order valence-electron chi connectivity index (χ1n) is 9.43. The van der Waals surface area contributed by atoms with Crippen LogP contribution in [0.4, 0.5) is 5.13 Å². The molecule has 2 saturated carbocycles. The summed E-state index contributed by atoms with van der Waals surface area (Å²) in [6, 6.07) is 15.6. The fourth-order valence-electron chi connectivity index (χ4n) is 2.46. The number of rotatable bonds is 6. The van der Waals surface area contributed by atoms with Crippen LogP contribution in [0.25, 0.3) is 10.6 Å². The molecule has 2 aliphatic carbocycles. The van der Waals surface area contributed by atoms with Gasteiger partial charge in [-0.2, -0.15) is 0 Å². The van der Waals surface area contributed by atoms with Crippen molar-refractivity contribution in [3.8, 4) is 10.6 Å². The zero-order valence-corrected chi connectivity index (χ0v) is 18.1. The van der Waals surface area contributed by atoms with Crippen LogP contribution in [0.1, 0.15) is 36.0 Å². The van der Waals surface area contributed by atoms with E-state index in [4.69, 9.17) is 10.8 Å². The predicted octanol–water partition coefficient (Wildman–Crippen LogP) is 5.68. The van der Waals surface area contributed by atoms with Crippen molar-refractivity contribution in [1.82, 2.24) is 10.2 Å². The largest absolute Gasteiger partial charge is 0.478 e. The summed E-state index contributed by atoms with van der Waals surface area (Å²) in [6.07, 6.45) is 5.31. The number of nitrogens with two attached hydrogens (primary N) is 1. The third kappa shape index (κ3) is 6.22. The first-order valence-corrected chi connectivity index (χ1v) is 12.0. The maximum Gasteiger partial charge on any atom is 0.335 e. The van der Waals surface area contributed by atoms with Gasteiger partial charge in [-0.05, 0) is 62.1 Å². The average Bonchev–Trinajstić information content (AvgIpc) is 3.65. The first kappa shape index (κ1) is 20.3. The van der Waals surface area contributed by atoms with Gasteiger partial charge in [0, 0.05) is 25.9 Å². The Hall–Kier alpha value is -2.03. The molecule has 2 aromatic carbocycles. The van der Waals surface area contributed by atoms with Crippen LogP contribution in [0.15, 0.2) is 58.3 Å². The Morgan fingerprint density at radius 2 is 1.41 bits per heavy atom. The number of thioether (sulfide) groups is 2. The number of aromatic nitrogens is 2. The lowest BCUT2D eigenvalue weighted by Crippen LogP contribution is -1.94. The number of nitrogen functional groups attached to an aromatic ring is 1. The molecule has 0 amide bonds. The molecular weight excluding hydrogens is 422 g/mol. The standard InChI is InChI=1S/C11H11N3S2.C10H10O2S/c12-11-14-13-10(16-11)7-1-3-8(4-2-7)15-9-5-6-9;11-10(12)7-1-3-8(4-2-7)13-9-5-6-9/h1-4,9H,5-6H2,(H2,12,14);1-4,9H,5-6H2,(H,11,12). The first-order chi connectivity index (χ1) is 14.1. The van der Waals surface area contributed by atoms with Crippen molar-refractivity contribution in [1.29, 1.82) is 0 Å². The summed E-state index contributed by atoms with van der Waals surface area (Å²) < 4.78 is 0. The summed E-state index contributed by atoms with van der Waals surface area (Å²) in [4.78, 5) is 13.1. The molecule has 150 valence electrons. The molecule has 0 unspecified atom stereocenters. The van der Waals surface area contributed by atoms with Gasteiger partial charge in [-0.3, -0.25) is 0 Å². The lowest BCUT2D eigenvalue weighted by atomic mass is 10.2. The molecule has 0 aliphatic heterocycles. The fraction of sp³-hybridized carbons (Fsp3) is 0.286. The smallest absolute Gasteiger partial charge is 0.335 e. The van der Waals surface area contributed by atoms with E-state index in [1.807, 2.05) is 35.7 Å². The van der Waals surface area contributed by atoms with Crippen molar-refractivity contribution >= 4 is 46.0 Å². The number of hydrogen-bond acceptors (Lipinski definition) is 7. The normalized spacial score (nSPS) is 15.4. The molecule has 0 atom stereocenters. The summed E-state index contributed by atoms with van der Waals surface area (Å²) in [5, 5.41) is 19.5. The van der Waals surface area contributed by atoms with Gasteiger partial charge in [0.1, 0.15) is 5.01 Å². The van der Waals surface area contributed by atoms with Crippen LogP contribution in [0.2, 0.25) is 0 Å². The van der Waals surface area contributed by atoms with Crippen LogP contribution in [-0.2, 0) is 0 Å². The number of anilines is 1. The Bertz CT molecular complexity index is 966. The Kier molecular flexibility index (Phi) is 6.42. The van der Waals surface area contributed by atoms with Crippen LogP contribution in [0, 0.1) is 0 Å². The van der Waals surface area contributed by atoms with Gasteiger partial charge in [0.2, 0.25) is 5.13 Å². The van der Waals surface area contributed by atoms with Crippen LogP contribution in [0.3, 0.4) is 0 Å². The maximum atomic E-state index is 10.5. The molecular formula is C21H21N3O2S3. The van der Waals surface area contributed by atoms with Crippen LogP contribution in [-0.4, -0.2) is 31.8 Å². The Morgan fingerprint density at radius 3 is 1.83 bits per heavy atom. The average molecular weight is 444 g/mol. The van der Waals surface area contributed by atoms with Gasteiger partial charge in [0.25, 0.3) is 0 Å². The van der Waals surface area contributed by atoms with Gasteiger partial charge >= 0.3 is 5.97 Å². The van der Waals surface area contributed by atoms with E-state index in [1.165, 1.54) is 46.8 Å². The van der Waals surface area contributed by atoms with E-state index >= 15 is 0 Å². The van der Waals surface area contributed by atoms with E-state index < -0.39 is 5.97 Å². The molecule has 8 heteroatoms. The van der Waals surface area contributed by atoms with Crippen molar-refractivity contribution in [3.05, 3.63) is 54.1 Å². The topological polar surface area (TPSA) is 89.1 Å². The van der Waals surface area contributed by atoms with Gasteiger partial charge in [0.15, 0.2) is 0 Å². The highest BCUT2D eigenvalue weighted by Crippen LogP contribution is 2.40. The zero-order chi connectivity index (χ0) is 20.2. The number of benzene rings is 2. The number of aromatic carboxylic acids is 1. The molecule has 29 heavy (non-hydrogen) atoms. The minimum atomic E-state index is -0.858. The highest BCUT2D eigenvalue weighted by atomic mass is 32.2. The predicted molar refractivity (Wildman–Crippen MR) is 121 cm³/mol. The van der Waals surface area contributed by atoms with Crippen LogP contribution in [0.5, 0.6) is 0 Å². The second-order valence-corrected chi connectivity index (χ2v) is 10.7. The minimum Gasteiger partial charge on any atom is -0.478 e. The fourth-order valence-corrected chi connectivity index (χ4v) is 5.18. The Labute approximate surface area is 182 Å². The van der Waals surface area contributed by atoms with E-state index in [2.05, 4.69) is 34.5 Å². The monoisotopic (exact) mass is 443 g/mol. The molecule has 5 nitrogen and oxygen atoms in total. The highest BCUT2D eigenvalue weighted by molar-refractivity contribution is 8.00.